The van der Waals surface area contributed by atoms with Crippen LogP contribution >= 0.6 is 11.6 Å². The summed E-state index contributed by atoms with van der Waals surface area (Å²) in [5.41, 5.74) is 5.48. The standard InChI is InChI=1S/C64H80ClN3O11/c1-38-16-18-43-34-51(38)52-36-47(19-17-39(52)2)58(57(73)33-41(4)59(74)67-53(35-43)56(72)32-40(3)54(70)29-28-50(69)31-42(5)61(76)78-63(6,7)8)68(12)60(75)48(15-13-14-30-66-62(77)79-64(9,10)11)37-55(71)46-22-20-44(21-23-46)45-24-26-49(65)27-25-45/h16-27,34,36,40-42,48,53,58H,13-15,28-33,35,37H2,1-12H3,(H,66,77)(H,67,74)/t40-,41-,42-,48-,53+,58+/m1/s1. The zero-order chi connectivity index (χ0) is 58.5. The number of alkyl carbamates (subject to hydrolysis) is 1. The van der Waals surface area contributed by atoms with Gasteiger partial charge in [-0.15, -0.1) is 0 Å². The Bertz CT molecular complexity index is 2880. The maximum Gasteiger partial charge on any atom is 0.407 e. The first-order chi connectivity index (χ1) is 37.0. The fraction of sp³-hybridized carbons (Fsp3) is 0.484. The molecule has 0 saturated heterocycles. The van der Waals surface area contributed by atoms with Gasteiger partial charge in [0.15, 0.2) is 17.3 Å². The number of aryl methyl sites for hydroxylation is 2. The predicted molar refractivity (Wildman–Crippen MR) is 306 cm³/mol. The van der Waals surface area contributed by atoms with Gasteiger partial charge in [0.2, 0.25) is 11.8 Å². The van der Waals surface area contributed by atoms with Crippen LogP contribution in [0.4, 0.5) is 4.79 Å². The van der Waals surface area contributed by atoms with Gasteiger partial charge in [0.05, 0.1) is 12.0 Å². The summed E-state index contributed by atoms with van der Waals surface area (Å²) in [5.74, 6) is -6.50. The smallest absolute Gasteiger partial charge is 0.407 e. The summed E-state index contributed by atoms with van der Waals surface area (Å²) in [5, 5.41) is 6.26. The third-order valence-electron chi connectivity index (χ3n) is 14.2. The zero-order valence-corrected chi connectivity index (χ0v) is 48.9. The number of likely N-dealkylation sites (N-methyl/N-ethyl adjacent to an activating group) is 1. The Morgan fingerprint density at radius 1 is 0.722 bits per heavy atom. The van der Waals surface area contributed by atoms with Crippen molar-refractivity contribution in [3.05, 3.63) is 118 Å². The number of Topliss-reactive ketones (excluding diaryl/α,β-unsaturated/α-hetero) is 5. The van der Waals surface area contributed by atoms with Crippen LogP contribution in [-0.2, 0) is 49.5 Å². The van der Waals surface area contributed by atoms with Crippen molar-refractivity contribution >= 4 is 64.4 Å². The van der Waals surface area contributed by atoms with E-state index >= 15 is 4.79 Å². The summed E-state index contributed by atoms with van der Waals surface area (Å²) in [7, 11) is 1.55. The number of amides is 3. The summed E-state index contributed by atoms with van der Waals surface area (Å²) in [6.07, 6.45) is -0.272. The van der Waals surface area contributed by atoms with Crippen LogP contribution in [0.2, 0.25) is 5.02 Å². The van der Waals surface area contributed by atoms with Crippen LogP contribution in [0.1, 0.15) is 159 Å². The molecule has 0 saturated carbocycles. The molecule has 5 rings (SSSR count). The normalized spacial score (nSPS) is 17.0. The first kappa shape index (κ1) is 63.0. The Morgan fingerprint density at radius 3 is 1.94 bits per heavy atom. The zero-order valence-electron chi connectivity index (χ0n) is 48.1. The number of hydrogen-bond acceptors (Lipinski definition) is 11. The van der Waals surface area contributed by atoms with Gasteiger partial charge in [0.25, 0.3) is 0 Å². The Labute approximate surface area is 471 Å². The highest BCUT2D eigenvalue weighted by Crippen LogP contribution is 2.35. The molecule has 4 aromatic rings. The molecule has 4 aromatic carbocycles. The van der Waals surface area contributed by atoms with E-state index in [1.807, 2.05) is 74.5 Å². The maximum absolute atomic E-state index is 15.1. The van der Waals surface area contributed by atoms with Gasteiger partial charge in [-0.3, -0.25) is 38.4 Å². The number of esters is 1. The highest BCUT2D eigenvalue weighted by molar-refractivity contribution is 6.30. The number of ketones is 5. The van der Waals surface area contributed by atoms with Crippen LogP contribution in [0.25, 0.3) is 22.3 Å². The minimum atomic E-state index is -1.18. The van der Waals surface area contributed by atoms with E-state index in [1.165, 1.54) is 4.90 Å². The number of hydrogen-bond donors (Lipinski definition) is 2. The van der Waals surface area contributed by atoms with Crippen LogP contribution in [-0.4, -0.2) is 88.5 Å². The fourth-order valence-electron chi connectivity index (χ4n) is 9.69. The quantitative estimate of drug-likeness (QED) is 0.0457. The van der Waals surface area contributed by atoms with E-state index in [4.69, 9.17) is 21.1 Å². The van der Waals surface area contributed by atoms with Crippen LogP contribution < -0.4 is 10.6 Å². The van der Waals surface area contributed by atoms with Crippen molar-refractivity contribution in [2.75, 3.05) is 13.6 Å². The molecule has 4 bridgehead atoms. The minimum Gasteiger partial charge on any atom is -0.460 e. The monoisotopic (exact) mass is 1100 g/mol. The van der Waals surface area contributed by atoms with E-state index < -0.39 is 82.4 Å². The number of carbonyl (C=O) groups is 9. The van der Waals surface area contributed by atoms with Crippen LogP contribution in [0.5, 0.6) is 0 Å². The van der Waals surface area contributed by atoms with Gasteiger partial charge in [0, 0.05) is 80.5 Å². The number of benzene rings is 4. The largest absolute Gasteiger partial charge is 0.460 e. The molecule has 1 aliphatic heterocycles. The lowest BCUT2D eigenvalue weighted by molar-refractivity contribution is -0.160. The second-order valence-corrected chi connectivity index (χ2v) is 23.9. The van der Waals surface area contributed by atoms with E-state index in [2.05, 4.69) is 10.6 Å². The second-order valence-electron chi connectivity index (χ2n) is 23.5. The van der Waals surface area contributed by atoms with Gasteiger partial charge in [-0.1, -0.05) is 106 Å². The average molecular weight is 1100 g/mol. The summed E-state index contributed by atoms with van der Waals surface area (Å²) < 4.78 is 10.8. The molecule has 2 N–H and O–H groups in total. The molecular formula is C64H80ClN3O11. The van der Waals surface area contributed by atoms with Crippen molar-refractivity contribution in [2.24, 2.45) is 23.7 Å². The molecule has 424 valence electrons. The first-order valence-corrected chi connectivity index (χ1v) is 27.8. The van der Waals surface area contributed by atoms with E-state index in [1.54, 1.807) is 93.6 Å². The molecular weight excluding hydrogens is 1020 g/mol. The average Bonchev–Trinajstić information content (AvgIpc) is 3.40. The van der Waals surface area contributed by atoms with Crippen molar-refractivity contribution < 1.29 is 52.6 Å². The SMILES string of the molecule is Cc1ccc2cc1-c1cc(ccc1C)[C@H](N(C)C(=O)[C@H](CCCCNC(=O)OC(C)(C)C)CC(=O)c1ccc(-c3ccc(Cl)cc3)cc1)C(=O)C[C@@H](C)C(=O)N[C@H](C(=O)C[C@@H](C)C(=O)CCC(=O)C[C@@H](C)C(=O)OC(C)(C)C)C2. The molecule has 0 fully saturated rings. The van der Waals surface area contributed by atoms with Gasteiger partial charge in [-0.25, -0.2) is 4.79 Å². The molecule has 3 amide bonds. The molecule has 1 heterocycles. The summed E-state index contributed by atoms with van der Waals surface area (Å²) >= 11 is 6.12. The molecule has 0 aliphatic carbocycles. The Hall–Kier alpha value is -6.80. The molecule has 0 spiro atoms. The van der Waals surface area contributed by atoms with Crippen LogP contribution in [0.3, 0.4) is 0 Å². The number of rotatable bonds is 21. The molecule has 79 heavy (non-hydrogen) atoms. The third kappa shape index (κ3) is 18.9. The fourth-order valence-corrected chi connectivity index (χ4v) is 9.82. The lowest BCUT2D eigenvalue weighted by Crippen LogP contribution is -2.46. The molecule has 0 unspecified atom stereocenters. The number of nitrogens with one attached hydrogen (secondary N) is 2. The molecule has 1 aliphatic rings. The van der Waals surface area contributed by atoms with Gasteiger partial charge in [-0.2, -0.15) is 0 Å². The van der Waals surface area contributed by atoms with Crippen LogP contribution in [0, 0.1) is 37.5 Å². The van der Waals surface area contributed by atoms with Crippen molar-refractivity contribution in [1.29, 1.82) is 0 Å². The number of unbranched alkanes of at least 4 members (excludes halogenated alkanes) is 1. The van der Waals surface area contributed by atoms with Gasteiger partial charge in [0.1, 0.15) is 28.8 Å². The molecule has 0 aromatic heterocycles. The van der Waals surface area contributed by atoms with Crippen molar-refractivity contribution in [3.8, 4) is 22.3 Å². The number of halogens is 1. The highest BCUT2D eigenvalue weighted by Gasteiger charge is 2.37. The van der Waals surface area contributed by atoms with Gasteiger partial charge >= 0.3 is 12.1 Å². The lowest BCUT2D eigenvalue weighted by atomic mass is 9.86. The van der Waals surface area contributed by atoms with Crippen LogP contribution in [0.15, 0.2) is 84.9 Å². The number of ether oxygens (including phenoxy) is 2. The van der Waals surface area contributed by atoms with Crippen molar-refractivity contribution in [3.63, 3.8) is 0 Å². The van der Waals surface area contributed by atoms with Crippen molar-refractivity contribution in [1.82, 2.24) is 15.5 Å². The summed E-state index contributed by atoms with van der Waals surface area (Å²) in [4.78, 5) is 125. The Kier molecular flexibility index (Phi) is 22.2. The first-order valence-electron chi connectivity index (χ1n) is 27.5. The van der Waals surface area contributed by atoms with Gasteiger partial charge < -0.3 is 25.0 Å². The Morgan fingerprint density at radius 2 is 1.32 bits per heavy atom. The third-order valence-corrected chi connectivity index (χ3v) is 14.4. The number of carbonyl (C=O) groups excluding carboxylic acids is 9. The number of fused-ring (bicyclic) bond motifs is 5. The highest BCUT2D eigenvalue weighted by atomic mass is 35.5. The summed E-state index contributed by atoms with van der Waals surface area (Å²) in [6.45, 7) is 19.5. The van der Waals surface area contributed by atoms with Crippen molar-refractivity contribution in [2.45, 2.75) is 164 Å². The number of nitrogens with zero attached hydrogens (tertiary/aromatic N) is 1. The Balaban J connectivity index is 1.40. The van der Waals surface area contributed by atoms with E-state index in [0.717, 1.165) is 38.9 Å². The molecule has 15 heteroatoms. The maximum atomic E-state index is 15.1. The molecule has 6 atom stereocenters. The molecule has 14 nitrogen and oxygen atoms in total. The lowest BCUT2D eigenvalue weighted by Gasteiger charge is -2.32. The molecule has 0 radical (unpaired) electrons. The summed E-state index contributed by atoms with van der Waals surface area (Å²) in [6, 6.07) is 23.6. The minimum absolute atomic E-state index is 0.0810. The van der Waals surface area contributed by atoms with E-state index in [-0.39, 0.29) is 75.3 Å². The topological polar surface area (TPSA) is 199 Å². The van der Waals surface area contributed by atoms with E-state index in [9.17, 15) is 38.4 Å². The second kappa shape index (κ2) is 27.9. The van der Waals surface area contributed by atoms with E-state index in [0.29, 0.717) is 29.0 Å². The predicted octanol–water partition coefficient (Wildman–Crippen LogP) is 11.9. The van der Waals surface area contributed by atoms with Gasteiger partial charge in [-0.05, 0) is 137 Å².